The van der Waals surface area contributed by atoms with E-state index in [1.807, 2.05) is 24.3 Å². The van der Waals surface area contributed by atoms with Crippen molar-refractivity contribution in [1.29, 1.82) is 0 Å². The lowest BCUT2D eigenvalue weighted by molar-refractivity contribution is 0.175. The Balaban J connectivity index is 2.21. The van der Waals surface area contributed by atoms with Gasteiger partial charge in [0.15, 0.2) is 0 Å². The van der Waals surface area contributed by atoms with Crippen LogP contribution in [-0.2, 0) is 4.74 Å². The van der Waals surface area contributed by atoms with Crippen molar-refractivity contribution in [2.75, 3.05) is 25.2 Å². The summed E-state index contributed by atoms with van der Waals surface area (Å²) in [6, 6.07) is 7.47. The van der Waals surface area contributed by atoms with Gasteiger partial charge in [0, 0.05) is 0 Å². The third-order valence-corrected chi connectivity index (χ3v) is 3.40. The van der Waals surface area contributed by atoms with Crippen LogP contribution in [0.15, 0.2) is 29.3 Å². The van der Waals surface area contributed by atoms with Gasteiger partial charge in [-0.3, -0.25) is 9.89 Å². The van der Waals surface area contributed by atoms with E-state index in [0.717, 1.165) is 6.42 Å². The highest BCUT2D eigenvalue weighted by atomic mass is 16.5. The molecule has 120 valence electrons. The van der Waals surface area contributed by atoms with Crippen LogP contribution in [0.5, 0.6) is 5.75 Å². The summed E-state index contributed by atoms with van der Waals surface area (Å²) in [6.45, 7) is 5.39. The number of nitrogens with zero attached hydrogens (tertiary/aromatic N) is 2. The minimum atomic E-state index is -0.442. The Kier molecular flexibility index (Phi) is 5.63. The maximum atomic E-state index is 12.2. The number of nitrogens with one attached hydrogen (secondary N) is 1. The summed E-state index contributed by atoms with van der Waals surface area (Å²) in [7, 11) is 1.37. The van der Waals surface area contributed by atoms with E-state index >= 15 is 0 Å². The molecule has 1 amide bonds. The molecule has 22 heavy (non-hydrogen) atoms. The van der Waals surface area contributed by atoms with E-state index in [2.05, 4.69) is 24.2 Å². The van der Waals surface area contributed by atoms with Crippen molar-refractivity contribution in [2.45, 2.75) is 26.4 Å². The normalized spacial score (nSPS) is 16.5. The zero-order chi connectivity index (χ0) is 15.9. The van der Waals surface area contributed by atoms with Crippen molar-refractivity contribution < 1.29 is 14.3 Å². The van der Waals surface area contributed by atoms with Gasteiger partial charge in [-0.2, -0.15) is 0 Å². The van der Waals surface area contributed by atoms with Gasteiger partial charge in [-0.05, 0) is 24.5 Å². The number of carbonyl (C=O) groups is 1. The van der Waals surface area contributed by atoms with Crippen LogP contribution in [0.4, 0.5) is 10.5 Å². The topological polar surface area (TPSA) is 63.2 Å². The number of aliphatic imine (C=N–C) groups is 1. The summed E-state index contributed by atoms with van der Waals surface area (Å²) >= 11 is 0. The number of amides is 1. The van der Waals surface area contributed by atoms with Crippen molar-refractivity contribution in [2.24, 2.45) is 10.9 Å². The lowest BCUT2D eigenvalue weighted by Crippen LogP contribution is -2.48. The van der Waals surface area contributed by atoms with Gasteiger partial charge >= 0.3 is 6.09 Å². The van der Waals surface area contributed by atoms with Crippen molar-refractivity contribution in [3.63, 3.8) is 0 Å². The SMILES string of the molecule is COC(=O)N(c1ccccc1OCCC(C)C)C1CN=CN1. The zero-order valence-corrected chi connectivity index (χ0v) is 13.3. The fraction of sp³-hybridized carbons (Fsp3) is 0.500. The minimum Gasteiger partial charge on any atom is -0.491 e. The van der Waals surface area contributed by atoms with Crippen LogP contribution in [-0.4, -0.2) is 38.9 Å². The van der Waals surface area contributed by atoms with Crippen molar-refractivity contribution in [3.05, 3.63) is 24.3 Å². The van der Waals surface area contributed by atoms with Crippen molar-refractivity contribution in [3.8, 4) is 5.75 Å². The number of hydrogen-bond acceptors (Lipinski definition) is 5. The molecule has 2 rings (SSSR count). The zero-order valence-electron chi connectivity index (χ0n) is 13.3. The number of methoxy groups -OCH3 is 1. The highest BCUT2D eigenvalue weighted by Gasteiger charge is 2.29. The Morgan fingerprint density at radius 2 is 2.23 bits per heavy atom. The molecule has 1 aliphatic rings. The lowest BCUT2D eigenvalue weighted by atomic mass is 10.1. The van der Waals surface area contributed by atoms with Gasteiger partial charge in [0.25, 0.3) is 0 Å². The number of anilines is 1. The van der Waals surface area contributed by atoms with Crippen LogP contribution in [0.1, 0.15) is 20.3 Å². The first kappa shape index (κ1) is 16.1. The Morgan fingerprint density at radius 1 is 1.45 bits per heavy atom. The Hall–Kier alpha value is -2.24. The van der Waals surface area contributed by atoms with E-state index < -0.39 is 6.09 Å². The number of benzene rings is 1. The smallest absolute Gasteiger partial charge is 0.415 e. The Morgan fingerprint density at radius 3 is 2.86 bits per heavy atom. The third-order valence-electron chi connectivity index (χ3n) is 3.40. The highest BCUT2D eigenvalue weighted by molar-refractivity contribution is 5.91. The summed E-state index contributed by atoms with van der Waals surface area (Å²) in [5.74, 6) is 1.23. The van der Waals surface area contributed by atoms with Gasteiger partial charge in [-0.25, -0.2) is 4.79 Å². The monoisotopic (exact) mass is 305 g/mol. The molecule has 1 N–H and O–H groups in total. The van der Waals surface area contributed by atoms with E-state index in [-0.39, 0.29) is 6.17 Å². The first-order valence-corrected chi connectivity index (χ1v) is 7.47. The highest BCUT2D eigenvalue weighted by Crippen LogP contribution is 2.30. The predicted octanol–water partition coefficient (Wildman–Crippen LogP) is 2.64. The molecule has 1 aromatic carbocycles. The maximum Gasteiger partial charge on any atom is 0.415 e. The molecule has 6 nitrogen and oxygen atoms in total. The molecule has 1 unspecified atom stereocenters. The number of para-hydroxylation sites is 2. The van der Waals surface area contributed by atoms with Gasteiger partial charge in [0.2, 0.25) is 0 Å². The molecule has 0 aliphatic carbocycles. The number of ether oxygens (including phenoxy) is 2. The Labute approximate surface area is 131 Å². The Bertz CT molecular complexity index is 523. The quantitative estimate of drug-likeness (QED) is 0.877. The first-order valence-electron chi connectivity index (χ1n) is 7.47. The summed E-state index contributed by atoms with van der Waals surface area (Å²) in [4.78, 5) is 17.8. The standard InChI is InChI=1S/C16H23N3O3/c1-12(2)8-9-22-14-7-5-4-6-13(14)19(16(20)21-3)15-10-17-11-18-15/h4-7,11-12,15H,8-10H2,1-3H3,(H,17,18). The maximum absolute atomic E-state index is 12.2. The molecule has 0 saturated heterocycles. The van der Waals surface area contributed by atoms with Gasteiger partial charge in [0.05, 0.1) is 32.3 Å². The second-order valence-corrected chi connectivity index (χ2v) is 5.52. The summed E-state index contributed by atoms with van der Waals surface area (Å²) in [6.07, 6.45) is 1.85. The summed E-state index contributed by atoms with van der Waals surface area (Å²) < 4.78 is 10.8. The molecule has 0 bridgehead atoms. The van der Waals surface area contributed by atoms with Crippen molar-refractivity contribution >= 4 is 18.1 Å². The molecule has 1 heterocycles. The number of carbonyl (C=O) groups excluding carboxylic acids is 1. The first-order chi connectivity index (χ1) is 10.6. The molecule has 0 saturated carbocycles. The minimum absolute atomic E-state index is 0.262. The molecule has 6 heteroatoms. The molecule has 0 fully saturated rings. The predicted molar refractivity (Wildman–Crippen MR) is 86.6 cm³/mol. The van der Waals surface area contributed by atoms with Crippen LogP contribution in [0, 0.1) is 5.92 Å². The summed E-state index contributed by atoms with van der Waals surface area (Å²) in [5.41, 5.74) is 0.682. The van der Waals surface area contributed by atoms with Gasteiger partial charge in [-0.15, -0.1) is 0 Å². The van der Waals surface area contributed by atoms with Gasteiger partial charge in [0.1, 0.15) is 11.9 Å². The van der Waals surface area contributed by atoms with Crippen LogP contribution < -0.4 is 15.0 Å². The fourth-order valence-electron chi connectivity index (χ4n) is 2.17. The molecular formula is C16H23N3O3. The van der Waals surface area contributed by atoms with Crippen LogP contribution >= 0.6 is 0 Å². The van der Waals surface area contributed by atoms with E-state index in [4.69, 9.17) is 9.47 Å². The van der Waals surface area contributed by atoms with E-state index in [1.54, 1.807) is 6.34 Å². The molecule has 1 aromatic rings. The molecule has 0 radical (unpaired) electrons. The van der Waals surface area contributed by atoms with Gasteiger partial charge in [-0.1, -0.05) is 26.0 Å². The van der Waals surface area contributed by atoms with Gasteiger partial charge < -0.3 is 14.8 Å². The van der Waals surface area contributed by atoms with Crippen LogP contribution in [0.2, 0.25) is 0 Å². The van der Waals surface area contributed by atoms with Crippen molar-refractivity contribution in [1.82, 2.24) is 5.32 Å². The molecular weight excluding hydrogens is 282 g/mol. The van der Waals surface area contributed by atoms with E-state index in [1.165, 1.54) is 12.0 Å². The molecule has 1 atom stereocenters. The van der Waals surface area contributed by atoms with E-state index in [0.29, 0.717) is 30.5 Å². The third kappa shape index (κ3) is 3.90. The largest absolute Gasteiger partial charge is 0.491 e. The second-order valence-electron chi connectivity index (χ2n) is 5.52. The lowest BCUT2D eigenvalue weighted by Gasteiger charge is -2.28. The average molecular weight is 305 g/mol. The average Bonchev–Trinajstić information content (AvgIpc) is 3.02. The second kappa shape index (κ2) is 7.68. The number of hydrogen-bond donors (Lipinski definition) is 1. The molecule has 1 aliphatic heterocycles. The van der Waals surface area contributed by atoms with E-state index in [9.17, 15) is 4.79 Å². The number of rotatable bonds is 6. The van der Waals surface area contributed by atoms with Crippen LogP contribution in [0.3, 0.4) is 0 Å². The fourth-order valence-corrected chi connectivity index (χ4v) is 2.17. The molecule has 0 aromatic heterocycles. The van der Waals surface area contributed by atoms with Crippen LogP contribution in [0.25, 0.3) is 0 Å². The molecule has 0 spiro atoms. The summed E-state index contributed by atoms with van der Waals surface area (Å²) in [5, 5.41) is 3.05.